The molecule has 1 aromatic carbocycles. The van der Waals surface area contributed by atoms with Crippen LogP contribution in [0.4, 0.5) is 18.0 Å². The quantitative estimate of drug-likeness (QED) is 0.891. The lowest BCUT2D eigenvalue weighted by Gasteiger charge is -2.43. The number of amides is 2. The Labute approximate surface area is 141 Å². The van der Waals surface area contributed by atoms with Crippen molar-refractivity contribution in [3.05, 3.63) is 34.9 Å². The molecule has 9 heteroatoms. The second kappa shape index (κ2) is 6.88. The van der Waals surface area contributed by atoms with Crippen LogP contribution < -0.4 is 10.4 Å². The third kappa shape index (κ3) is 4.31. The third-order valence-electron chi connectivity index (χ3n) is 4.06. The molecule has 2 amide bonds. The molecule has 1 N–H and O–H groups in total. The topological polar surface area (TPSA) is 72.5 Å². The van der Waals surface area contributed by atoms with Gasteiger partial charge >= 0.3 is 6.18 Å². The predicted octanol–water partition coefficient (Wildman–Crippen LogP) is 1.91. The van der Waals surface area contributed by atoms with E-state index in [2.05, 4.69) is 0 Å². The van der Waals surface area contributed by atoms with Crippen LogP contribution in [0.3, 0.4) is 0 Å². The number of rotatable bonds is 3. The number of carbonyl (C=O) groups excluding carboxylic acids is 2. The number of nitrogens with one attached hydrogen (secondary N) is 1. The number of hydrogen-bond acceptors (Lipinski definition) is 3. The van der Waals surface area contributed by atoms with Gasteiger partial charge in [-0.3, -0.25) is 4.79 Å². The van der Waals surface area contributed by atoms with Gasteiger partial charge in [0.2, 0.25) is 5.91 Å². The van der Waals surface area contributed by atoms with Crippen LogP contribution in [-0.2, 0) is 4.79 Å². The number of piperidine rings is 1. The van der Waals surface area contributed by atoms with Crippen LogP contribution in [0.5, 0.6) is 0 Å². The highest BCUT2D eigenvalue weighted by molar-refractivity contribution is 6.30. The Balaban J connectivity index is 2.36. The summed E-state index contributed by atoms with van der Waals surface area (Å²) in [5, 5.41) is 13.0. The molecular formula is C15H15ClF3N2O3-. The number of likely N-dealkylation sites (tertiary alicyclic amines) is 1. The van der Waals surface area contributed by atoms with Gasteiger partial charge in [0.05, 0.1) is 0 Å². The zero-order chi connectivity index (χ0) is 18.1. The molecule has 0 unspecified atom stereocenters. The van der Waals surface area contributed by atoms with Gasteiger partial charge in [-0.1, -0.05) is 23.7 Å². The van der Waals surface area contributed by atoms with E-state index in [4.69, 9.17) is 11.6 Å². The molecule has 0 aromatic heterocycles. The first-order valence-electron chi connectivity index (χ1n) is 7.18. The average Bonchev–Trinajstić information content (AvgIpc) is 2.45. The largest absolute Gasteiger partial charge is 0.530 e. The number of carboxylic acid groups (broad SMARTS) is 1. The molecule has 1 heterocycles. The Hall–Kier alpha value is -1.96. The lowest BCUT2D eigenvalue weighted by atomic mass is 9.82. The molecular weight excluding hydrogens is 349 g/mol. The van der Waals surface area contributed by atoms with Crippen molar-refractivity contribution in [2.75, 3.05) is 6.54 Å². The molecule has 1 fully saturated rings. The fourth-order valence-corrected chi connectivity index (χ4v) is 3.20. The van der Waals surface area contributed by atoms with Crippen molar-refractivity contribution < 1.29 is 27.9 Å². The summed E-state index contributed by atoms with van der Waals surface area (Å²) in [6.07, 6.45) is -6.27. The zero-order valence-corrected chi connectivity index (χ0v) is 13.4. The fraction of sp³-hybridized carbons (Fsp3) is 0.467. The van der Waals surface area contributed by atoms with Gasteiger partial charge in [-0.05, 0) is 31.0 Å². The predicted molar refractivity (Wildman–Crippen MR) is 78.4 cm³/mol. The number of benzene rings is 1. The summed E-state index contributed by atoms with van der Waals surface area (Å²) < 4.78 is 38.4. The van der Waals surface area contributed by atoms with Crippen LogP contribution in [0.2, 0.25) is 5.02 Å². The molecule has 132 valence electrons. The first kappa shape index (κ1) is 18.4. The summed E-state index contributed by atoms with van der Waals surface area (Å²) in [4.78, 5) is 23.6. The molecule has 1 saturated heterocycles. The molecule has 1 aromatic rings. The minimum Gasteiger partial charge on any atom is -0.530 e. The van der Waals surface area contributed by atoms with Crippen LogP contribution in [0, 0.1) is 0 Å². The summed E-state index contributed by atoms with van der Waals surface area (Å²) in [6, 6.07) is 4.49. The van der Waals surface area contributed by atoms with E-state index in [-0.39, 0.29) is 6.42 Å². The third-order valence-corrected chi connectivity index (χ3v) is 4.30. The van der Waals surface area contributed by atoms with E-state index in [0.717, 1.165) is 0 Å². The van der Waals surface area contributed by atoms with Crippen LogP contribution in [0.15, 0.2) is 24.3 Å². The SMILES string of the molecule is C[C@H]1[C@@H](c2cccc(Cl)c2)C[C@@H](NC(=O)[O-])C(=O)N1CC(F)(F)F. The molecule has 24 heavy (non-hydrogen) atoms. The van der Waals surface area contributed by atoms with Crippen molar-refractivity contribution in [2.24, 2.45) is 0 Å². The van der Waals surface area contributed by atoms with Gasteiger partial charge in [0.15, 0.2) is 0 Å². The van der Waals surface area contributed by atoms with Crippen LogP contribution in [0.25, 0.3) is 0 Å². The van der Waals surface area contributed by atoms with Crippen LogP contribution in [-0.4, -0.2) is 41.7 Å². The van der Waals surface area contributed by atoms with Crippen LogP contribution >= 0.6 is 11.6 Å². The van der Waals surface area contributed by atoms with Crippen molar-refractivity contribution in [1.29, 1.82) is 0 Å². The Morgan fingerprint density at radius 2 is 2.12 bits per heavy atom. The highest BCUT2D eigenvalue weighted by atomic mass is 35.5. The molecule has 5 nitrogen and oxygen atoms in total. The van der Waals surface area contributed by atoms with Crippen molar-refractivity contribution in [3.8, 4) is 0 Å². The maximum Gasteiger partial charge on any atom is 0.406 e. The molecule has 3 atom stereocenters. The van der Waals surface area contributed by atoms with Crippen molar-refractivity contribution >= 4 is 23.6 Å². The maximum atomic E-state index is 12.8. The second-order valence-electron chi connectivity index (χ2n) is 5.70. The molecule has 1 aliphatic heterocycles. The minimum atomic E-state index is -4.59. The summed E-state index contributed by atoms with van der Waals surface area (Å²) >= 11 is 5.92. The van der Waals surface area contributed by atoms with Gasteiger partial charge in [0.25, 0.3) is 0 Å². The lowest BCUT2D eigenvalue weighted by molar-refractivity contribution is -0.252. The normalized spacial score (nSPS) is 24.8. The molecule has 0 radical (unpaired) electrons. The number of carbonyl (C=O) groups is 2. The van der Waals surface area contributed by atoms with Crippen molar-refractivity contribution in [3.63, 3.8) is 0 Å². The van der Waals surface area contributed by atoms with E-state index >= 15 is 0 Å². The van der Waals surface area contributed by atoms with Gasteiger partial charge in [-0.25, -0.2) is 0 Å². The van der Waals surface area contributed by atoms with E-state index in [1.807, 2.05) is 5.32 Å². The molecule has 2 rings (SSSR count). The van der Waals surface area contributed by atoms with E-state index in [1.165, 1.54) is 6.92 Å². The van der Waals surface area contributed by atoms with Crippen LogP contribution in [0.1, 0.15) is 24.8 Å². The Kier molecular flexibility index (Phi) is 5.27. The Bertz CT molecular complexity index is 639. The maximum absolute atomic E-state index is 12.8. The first-order valence-corrected chi connectivity index (χ1v) is 7.56. The van der Waals surface area contributed by atoms with E-state index in [1.54, 1.807) is 24.3 Å². The second-order valence-corrected chi connectivity index (χ2v) is 6.14. The van der Waals surface area contributed by atoms with Gasteiger partial charge in [-0.15, -0.1) is 0 Å². The number of nitrogens with zero attached hydrogens (tertiary/aromatic N) is 1. The van der Waals surface area contributed by atoms with Crippen molar-refractivity contribution in [1.82, 2.24) is 10.2 Å². The summed E-state index contributed by atoms with van der Waals surface area (Å²) in [7, 11) is 0. The molecule has 0 aliphatic carbocycles. The van der Waals surface area contributed by atoms with Gasteiger partial charge in [-0.2, -0.15) is 13.2 Å². The fourth-order valence-electron chi connectivity index (χ4n) is 3.00. The monoisotopic (exact) mass is 363 g/mol. The Morgan fingerprint density at radius 3 is 2.67 bits per heavy atom. The number of hydrogen-bond donors (Lipinski definition) is 1. The van der Waals surface area contributed by atoms with E-state index < -0.39 is 42.7 Å². The Morgan fingerprint density at radius 1 is 1.46 bits per heavy atom. The minimum absolute atomic E-state index is 0.0304. The molecule has 0 saturated carbocycles. The molecule has 0 bridgehead atoms. The van der Waals surface area contributed by atoms with Gasteiger partial charge in [0, 0.05) is 17.0 Å². The lowest BCUT2D eigenvalue weighted by Crippen LogP contribution is -2.61. The molecule has 0 spiro atoms. The van der Waals surface area contributed by atoms with E-state index in [9.17, 15) is 27.9 Å². The summed E-state index contributed by atoms with van der Waals surface area (Å²) in [5.74, 6) is -1.41. The first-order chi connectivity index (χ1) is 11.1. The smallest absolute Gasteiger partial charge is 0.406 e. The summed E-state index contributed by atoms with van der Waals surface area (Å²) in [6.45, 7) is 0.0553. The van der Waals surface area contributed by atoms with E-state index in [0.29, 0.717) is 15.5 Å². The molecule has 1 aliphatic rings. The standard InChI is InChI=1S/C15H16ClF3N2O3/c1-8-11(9-3-2-4-10(16)5-9)6-12(20-14(23)24)13(22)21(8)7-15(17,18)19/h2-5,8,11-12,20H,6-7H2,1H3,(H,23,24)/p-1/t8-,11-,12+/m0/s1. The van der Waals surface area contributed by atoms with Gasteiger partial charge < -0.3 is 20.1 Å². The highest BCUT2D eigenvalue weighted by Gasteiger charge is 2.44. The highest BCUT2D eigenvalue weighted by Crippen LogP contribution is 2.35. The zero-order valence-electron chi connectivity index (χ0n) is 12.6. The number of halogens is 4. The van der Waals surface area contributed by atoms with Gasteiger partial charge in [0.1, 0.15) is 18.7 Å². The average molecular weight is 364 g/mol. The van der Waals surface area contributed by atoms with Crippen molar-refractivity contribution in [2.45, 2.75) is 37.5 Å². The number of alkyl halides is 3. The summed E-state index contributed by atoms with van der Waals surface area (Å²) in [5.41, 5.74) is 0.639.